The van der Waals surface area contributed by atoms with Crippen molar-refractivity contribution in [3.8, 4) is 11.5 Å². The van der Waals surface area contributed by atoms with Gasteiger partial charge < -0.3 is 37.4 Å². The van der Waals surface area contributed by atoms with E-state index in [0.29, 0.717) is 11.5 Å². The fourth-order valence-electron chi connectivity index (χ4n) is 5.44. The molecule has 274 valence electrons. The number of nitrogens with zero attached hydrogens (tertiary/aromatic N) is 2. The van der Waals surface area contributed by atoms with E-state index >= 15 is 0 Å². The average Bonchev–Trinajstić information content (AvgIpc) is 3.12. The number of benzene rings is 3. The van der Waals surface area contributed by atoms with Crippen LogP contribution in [0.25, 0.3) is 0 Å². The molecule has 3 rings (SSSR count). The first-order valence-corrected chi connectivity index (χ1v) is 19.8. The first kappa shape index (κ1) is 40.9. The van der Waals surface area contributed by atoms with E-state index in [1.54, 1.807) is 80.3 Å². The topological polar surface area (TPSA) is 130 Å². The molecule has 0 spiro atoms. The molecule has 12 nitrogen and oxygen atoms in total. The third-order valence-electron chi connectivity index (χ3n) is 8.03. The van der Waals surface area contributed by atoms with E-state index < -0.39 is 38.6 Å². The van der Waals surface area contributed by atoms with Gasteiger partial charge in [0.1, 0.15) is 23.1 Å². The highest BCUT2D eigenvalue weighted by Crippen LogP contribution is 2.56. The Labute approximate surface area is 296 Å². The van der Waals surface area contributed by atoms with Gasteiger partial charge in [-0.1, -0.05) is 24.3 Å². The minimum absolute atomic E-state index is 0.127. The lowest BCUT2D eigenvalue weighted by Gasteiger charge is -2.34. The van der Waals surface area contributed by atoms with Gasteiger partial charge in [-0.2, -0.15) is 0 Å². The molecular formula is C36H50N2O10P2. The summed E-state index contributed by atoms with van der Waals surface area (Å²) in [5, 5.41) is 0. The highest BCUT2D eigenvalue weighted by atomic mass is 31.2. The van der Waals surface area contributed by atoms with Crippen molar-refractivity contribution in [2.45, 2.75) is 52.1 Å². The molecule has 50 heavy (non-hydrogen) atoms. The summed E-state index contributed by atoms with van der Waals surface area (Å²) in [7, 11) is -1.35. The molecule has 0 bridgehead atoms. The monoisotopic (exact) mass is 732 g/mol. The number of rotatable bonds is 20. The van der Waals surface area contributed by atoms with E-state index in [1.165, 1.54) is 34.1 Å². The molecule has 2 unspecified atom stereocenters. The average molecular weight is 733 g/mol. The maximum Gasteiger partial charge on any atom is 0.353 e. The van der Waals surface area contributed by atoms with Gasteiger partial charge in [-0.25, -0.2) is 0 Å². The van der Waals surface area contributed by atoms with Gasteiger partial charge in [0.15, 0.2) is 0 Å². The molecule has 2 amide bonds. The smallest absolute Gasteiger partial charge is 0.353 e. The Hall–Kier alpha value is -3.50. The third kappa shape index (κ3) is 10.3. The summed E-state index contributed by atoms with van der Waals surface area (Å²) in [6.45, 7) is 7.37. The highest BCUT2D eigenvalue weighted by Gasteiger charge is 2.42. The number of carbonyl (C=O) groups is 2. The fraction of sp³-hybridized carbons (Fsp3) is 0.444. The Morgan fingerprint density at radius 2 is 0.820 bits per heavy atom. The second-order valence-corrected chi connectivity index (χ2v) is 15.6. The molecule has 3 aromatic rings. The van der Waals surface area contributed by atoms with Crippen molar-refractivity contribution in [1.29, 1.82) is 0 Å². The van der Waals surface area contributed by atoms with E-state index in [0.717, 1.165) is 11.1 Å². The summed E-state index contributed by atoms with van der Waals surface area (Å²) >= 11 is 0. The van der Waals surface area contributed by atoms with Crippen molar-refractivity contribution in [3.05, 3.63) is 95.1 Å². The molecule has 0 fully saturated rings. The maximum absolute atomic E-state index is 14.1. The van der Waals surface area contributed by atoms with Gasteiger partial charge in [-0.15, -0.1) is 0 Å². The predicted octanol–water partition coefficient (Wildman–Crippen LogP) is 7.52. The van der Waals surface area contributed by atoms with Crippen LogP contribution in [0.15, 0.2) is 72.8 Å². The van der Waals surface area contributed by atoms with Gasteiger partial charge in [-0.05, 0) is 87.4 Å². The van der Waals surface area contributed by atoms with Crippen LogP contribution in [-0.4, -0.2) is 87.9 Å². The Bertz CT molecular complexity index is 1480. The van der Waals surface area contributed by atoms with Crippen LogP contribution in [0.1, 0.15) is 59.5 Å². The molecule has 0 radical (unpaired) electrons. The molecule has 0 saturated heterocycles. The van der Waals surface area contributed by atoms with Gasteiger partial charge in [0.2, 0.25) is 0 Å². The largest absolute Gasteiger partial charge is 0.497 e. The van der Waals surface area contributed by atoms with Crippen molar-refractivity contribution in [2.24, 2.45) is 0 Å². The molecule has 2 atom stereocenters. The first-order valence-electron chi connectivity index (χ1n) is 16.6. The Morgan fingerprint density at radius 1 is 0.540 bits per heavy atom. The zero-order valence-corrected chi connectivity index (χ0v) is 32.0. The number of likely N-dealkylation sites (N-methyl/N-ethyl adjacent to an activating group) is 2. The number of methoxy groups -OCH3 is 2. The summed E-state index contributed by atoms with van der Waals surface area (Å²) < 4.78 is 61.4. The lowest BCUT2D eigenvalue weighted by Crippen LogP contribution is -2.40. The molecule has 0 aliphatic carbocycles. The predicted molar refractivity (Wildman–Crippen MR) is 193 cm³/mol. The van der Waals surface area contributed by atoms with Gasteiger partial charge in [0.25, 0.3) is 11.8 Å². The van der Waals surface area contributed by atoms with E-state index in [4.69, 9.17) is 27.6 Å². The molecule has 0 aliphatic heterocycles. The molecule has 0 N–H and O–H groups in total. The minimum Gasteiger partial charge on any atom is -0.497 e. The van der Waals surface area contributed by atoms with Crippen molar-refractivity contribution in [3.63, 3.8) is 0 Å². The lowest BCUT2D eigenvalue weighted by atomic mass is 10.1. The van der Waals surface area contributed by atoms with Crippen molar-refractivity contribution >= 4 is 27.0 Å². The molecule has 0 heterocycles. The molecular weight excluding hydrogens is 682 g/mol. The molecule has 0 aromatic heterocycles. The van der Waals surface area contributed by atoms with Crippen LogP contribution in [0, 0.1) is 0 Å². The number of amides is 2. The van der Waals surface area contributed by atoms with Crippen molar-refractivity contribution in [1.82, 2.24) is 9.80 Å². The van der Waals surface area contributed by atoms with Crippen LogP contribution in [0.4, 0.5) is 0 Å². The van der Waals surface area contributed by atoms with Crippen LogP contribution in [0.3, 0.4) is 0 Å². The van der Waals surface area contributed by atoms with Gasteiger partial charge >= 0.3 is 15.2 Å². The number of ether oxygens (including phenoxy) is 2. The second kappa shape index (κ2) is 19.2. The zero-order valence-electron chi connectivity index (χ0n) is 30.2. The SMILES string of the molecule is CCOP(=O)(OCC)C(Cc1ccc(OC)cc1)N(C)C(=O)c1ccc(C(=O)N(C)C(Cc2ccc(OC)cc2)P(=O)(OCC)OCC)cc1. The summed E-state index contributed by atoms with van der Waals surface area (Å²) in [6.07, 6.45) is 0.389. The first-order chi connectivity index (χ1) is 23.9. The third-order valence-corrected chi connectivity index (χ3v) is 13.0. The van der Waals surface area contributed by atoms with Crippen molar-refractivity contribution < 1.29 is 46.3 Å². The highest BCUT2D eigenvalue weighted by molar-refractivity contribution is 7.54. The van der Waals surface area contributed by atoms with E-state index in [-0.39, 0.29) is 50.4 Å². The van der Waals surface area contributed by atoms with Crippen LogP contribution >= 0.6 is 15.2 Å². The van der Waals surface area contributed by atoms with Crippen LogP contribution in [-0.2, 0) is 40.1 Å². The van der Waals surface area contributed by atoms with E-state index in [1.807, 2.05) is 24.3 Å². The second-order valence-electron chi connectivity index (χ2n) is 11.2. The van der Waals surface area contributed by atoms with Gasteiger partial charge in [0, 0.05) is 38.1 Å². The fourth-order valence-corrected chi connectivity index (χ4v) is 9.64. The number of carbonyl (C=O) groups excluding carboxylic acids is 2. The summed E-state index contributed by atoms with van der Waals surface area (Å²) in [4.78, 5) is 30.5. The lowest BCUT2D eigenvalue weighted by molar-refractivity contribution is 0.0734. The zero-order chi connectivity index (χ0) is 36.9. The van der Waals surface area contributed by atoms with Crippen LogP contribution < -0.4 is 9.47 Å². The summed E-state index contributed by atoms with van der Waals surface area (Å²) in [5.74, 6) is -1.44. The molecule has 3 aromatic carbocycles. The Kier molecular flexibility index (Phi) is 15.7. The quantitative estimate of drug-likeness (QED) is 0.108. The van der Waals surface area contributed by atoms with E-state index in [2.05, 4.69) is 0 Å². The minimum atomic E-state index is -3.80. The summed E-state index contributed by atoms with van der Waals surface area (Å²) in [5.41, 5.74) is 2.13. The van der Waals surface area contributed by atoms with Crippen molar-refractivity contribution in [2.75, 3.05) is 54.7 Å². The number of hydrogen-bond acceptors (Lipinski definition) is 10. The van der Waals surface area contributed by atoms with Gasteiger partial charge in [-0.3, -0.25) is 18.7 Å². The molecule has 14 heteroatoms. The van der Waals surface area contributed by atoms with E-state index in [9.17, 15) is 18.7 Å². The van der Waals surface area contributed by atoms with Gasteiger partial charge in [0.05, 0.1) is 40.6 Å². The normalized spacial score (nSPS) is 13.0. The molecule has 0 saturated carbocycles. The maximum atomic E-state index is 14.1. The number of hydrogen-bond donors (Lipinski definition) is 0. The Balaban J connectivity index is 1.92. The van der Waals surface area contributed by atoms with Crippen LogP contribution in [0.5, 0.6) is 11.5 Å². The summed E-state index contributed by atoms with van der Waals surface area (Å²) in [6, 6.07) is 20.6. The molecule has 0 aliphatic rings. The van der Waals surface area contributed by atoms with Crippen LogP contribution in [0.2, 0.25) is 0 Å². The Morgan fingerprint density at radius 3 is 1.06 bits per heavy atom. The standard InChI is InChI=1S/C36H50N2O10P2/c1-9-45-49(41,46-10-2)33(25-27-13-21-31(43-7)22-14-27)37(5)35(39)29-17-19-30(20-18-29)36(40)38(6)34(50(42,47-11-3)48-12-4)26-28-15-23-32(44-8)24-16-28/h13-24,33-34H,9-12,25-26H2,1-8H3.